The third-order valence-corrected chi connectivity index (χ3v) is 1.31. The molecule has 0 radical (unpaired) electrons. The number of hydrogen-bond donors (Lipinski definition) is 1. The second kappa shape index (κ2) is 20.9. The van der Waals surface area contributed by atoms with Crippen LogP contribution in [0.2, 0.25) is 0 Å². The van der Waals surface area contributed by atoms with Crippen LogP contribution in [0.1, 0.15) is 6.42 Å². The van der Waals surface area contributed by atoms with Crippen molar-refractivity contribution < 1.29 is 49.1 Å². The molecule has 0 unspecified atom stereocenters. The predicted octanol–water partition coefficient (Wildman–Crippen LogP) is -1.82. The summed E-state index contributed by atoms with van der Waals surface area (Å²) in [4.78, 5) is 16.5. The van der Waals surface area contributed by atoms with Gasteiger partial charge in [-0.3, -0.25) is 0 Å². The van der Waals surface area contributed by atoms with Crippen molar-refractivity contribution in [2.75, 3.05) is 13.2 Å². The number of ether oxygens (including phenoxy) is 1. The zero-order valence-electron chi connectivity index (χ0n) is 9.86. The second-order valence-corrected chi connectivity index (χ2v) is 2.43. The Morgan fingerprint density at radius 2 is 1.56 bits per heavy atom. The van der Waals surface area contributed by atoms with Crippen LogP contribution >= 0.6 is 0 Å². The molecule has 1 N–H and O–H groups in total. The van der Waals surface area contributed by atoms with E-state index in [0.717, 1.165) is 5.75 Å². The smallest absolute Gasteiger partial charge is 0.554 e. The van der Waals surface area contributed by atoms with Crippen molar-refractivity contribution in [2.45, 2.75) is 6.42 Å². The van der Waals surface area contributed by atoms with Crippen LogP contribution in [-0.2, 0) is 29.1 Å². The van der Waals surface area contributed by atoms with E-state index in [2.05, 4.69) is 0 Å². The van der Waals surface area contributed by atoms with Gasteiger partial charge in [-0.1, -0.05) is 18.2 Å². The molecule has 0 fully saturated rings. The Balaban J connectivity index is -0.000000276. The zero-order chi connectivity index (χ0) is 13.4. The summed E-state index contributed by atoms with van der Waals surface area (Å²) in [5, 5.41) is 25.0. The van der Waals surface area contributed by atoms with Crippen molar-refractivity contribution in [3.63, 3.8) is 0 Å². The molecule has 0 aliphatic heterocycles. The van der Waals surface area contributed by atoms with Gasteiger partial charge in [0.25, 0.3) is 0 Å². The molecule has 0 aromatic heterocycles. The third-order valence-electron chi connectivity index (χ3n) is 1.31. The van der Waals surface area contributed by atoms with E-state index in [9.17, 15) is 0 Å². The van der Waals surface area contributed by atoms with E-state index in [1.54, 1.807) is 0 Å². The van der Waals surface area contributed by atoms with Gasteiger partial charge in [0.1, 0.15) is 5.75 Å². The first-order valence-corrected chi connectivity index (χ1v) is 4.66. The molecule has 96 valence electrons. The Labute approximate surface area is 118 Å². The molecule has 1 aromatic rings. The van der Waals surface area contributed by atoms with Gasteiger partial charge in [0, 0.05) is 26.0 Å². The SMILES string of the molecule is O=C[O-].O=C[O-].OCCCOc1ccccc1.[Zn+2]. The number of para-hydroxylation sites is 1. The maximum atomic E-state index is 8.46. The Morgan fingerprint density at radius 3 is 1.94 bits per heavy atom. The van der Waals surface area contributed by atoms with Crippen LogP contribution in [-0.4, -0.2) is 31.3 Å². The summed E-state index contributed by atoms with van der Waals surface area (Å²) in [6.45, 7) is -0.229. The Bertz CT molecular complexity index is 261. The van der Waals surface area contributed by atoms with Gasteiger partial charge in [0.15, 0.2) is 0 Å². The van der Waals surface area contributed by atoms with Gasteiger partial charge >= 0.3 is 19.5 Å². The van der Waals surface area contributed by atoms with Gasteiger partial charge in [-0.15, -0.1) is 0 Å². The molecule has 1 aromatic carbocycles. The van der Waals surface area contributed by atoms with E-state index in [0.29, 0.717) is 13.0 Å². The van der Waals surface area contributed by atoms with Gasteiger partial charge in [0.2, 0.25) is 0 Å². The topological polar surface area (TPSA) is 110 Å². The summed E-state index contributed by atoms with van der Waals surface area (Å²) >= 11 is 0. The minimum atomic E-state index is -0.500. The van der Waals surface area contributed by atoms with Crippen molar-refractivity contribution in [1.82, 2.24) is 0 Å². The number of hydrogen-bond acceptors (Lipinski definition) is 6. The van der Waals surface area contributed by atoms with Gasteiger partial charge in [-0.05, 0) is 12.1 Å². The van der Waals surface area contributed by atoms with Crippen LogP contribution in [0.3, 0.4) is 0 Å². The number of aliphatic hydroxyl groups is 1. The maximum Gasteiger partial charge on any atom is 2.00 e. The standard InChI is InChI=1S/C9H12O2.2CH2O2.Zn/c10-7-4-8-11-9-5-2-1-3-6-9;2*2-1-3;/h1-3,5-6,10H,4,7-8H2;2*1H,(H,2,3);/q;;;+2/p-2. The molecule has 7 heteroatoms. The van der Waals surface area contributed by atoms with Crippen LogP contribution in [0.25, 0.3) is 0 Å². The van der Waals surface area contributed by atoms with Crippen molar-refractivity contribution in [2.24, 2.45) is 0 Å². The molecule has 0 aliphatic rings. The van der Waals surface area contributed by atoms with Crippen molar-refractivity contribution in [3.05, 3.63) is 30.3 Å². The summed E-state index contributed by atoms with van der Waals surface area (Å²) < 4.78 is 5.29. The first-order valence-electron chi connectivity index (χ1n) is 4.66. The van der Waals surface area contributed by atoms with Crippen molar-refractivity contribution >= 4 is 12.9 Å². The first kappa shape index (κ1) is 21.8. The molecule has 0 spiro atoms. The second-order valence-electron chi connectivity index (χ2n) is 2.43. The van der Waals surface area contributed by atoms with E-state index in [1.807, 2.05) is 30.3 Å². The zero-order valence-corrected chi connectivity index (χ0v) is 12.8. The van der Waals surface area contributed by atoms with E-state index in [-0.39, 0.29) is 26.1 Å². The molecule has 1 rings (SSSR count). The fraction of sp³-hybridized carbons (Fsp3) is 0.273. The Morgan fingerprint density at radius 1 is 1.11 bits per heavy atom. The minimum absolute atomic E-state index is 0. The normalized spacial score (nSPS) is 7.17. The fourth-order valence-electron chi connectivity index (χ4n) is 0.771. The molecular formula is C11H14O6Zn. The molecule has 0 amide bonds. The monoisotopic (exact) mass is 306 g/mol. The minimum Gasteiger partial charge on any atom is -0.554 e. The van der Waals surface area contributed by atoms with E-state index >= 15 is 0 Å². The average molecular weight is 308 g/mol. The van der Waals surface area contributed by atoms with Crippen LogP contribution in [0.15, 0.2) is 30.3 Å². The van der Waals surface area contributed by atoms with Gasteiger partial charge in [-0.2, -0.15) is 0 Å². The molecule has 0 heterocycles. The maximum absolute atomic E-state index is 8.46. The van der Waals surface area contributed by atoms with Gasteiger partial charge in [0.05, 0.1) is 6.61 Å². The number of rotatable bonds is 4. The largest absolute Gasteiger partial charge is 2.00 e. The van der Waals surface area contributed by atoms with Crippen LogP contribution in [0.5, 0.6) is 5.75 Å². The fourth-order valence-corrected chi connectivity index (χ4v) is 0.771. The number of carbonyl (C=O) groups is 2. The Hall–Kier alpha value is -1.46. The number of aliphatic hydroxyl groups excluding tert-OH is 1. The summed E-state index contributed by atoms with van der Waals surface area (Å²) in [5.74, 6) is 0.862. The van der Waals surface area contributed by atoms with E-state index < -0.39 is 12.9 Å². The molecule has 0 atom stereocenters. The van der Waals surface area contributed by atoms with Crippen molar-refractivity contribution in [3.8, 4) is 5.75 Å². The Kier molecular flexibility index (Phi) is 25.3. The summed E-state index contributed by atoms with van der Waals surface area (Å²) in [5.41, 5.74) is 0. The van der Waals surface area contributed by atoms with Crippen LogP contribution in [0.4, 0.5) is 0 Å². The third kappa shape index (κ3) is 20.0. The van der Waals surface area contributed by atoms with Crippen LogP contribution < -0.4 is 14.9 Å². The summed E-state index contributed by atoms with van der Waals surface area (Å²) in [7, 11) is 0. The average Bonchev–Trinajstić information content (AvgIpc) is 2.33. The molecule has 18 heavy (non-hydrogen) atoms. The molecule has 0 aliphatic carbocycles. The molecule has 0 saturated carbocycles. The molecular weight excluding hydrogens is 294 g/mol. The van der Waals surface area contributed by atoms with Crippen LogP contribution in [0, 0.1) is 0 Å². The van der Waals surface area contributed by atoms with E-state index in [1.165, 1.54) is 0 Å². The molecule has 0 saturated heterocycles. The number of carboxylic acid groups (broad SMARTS) is 2. The molecule has 0 bridgehead atoms. The predicted molar refractivity (Wildman–Crippen MR) is 55.8 cm³/mol. The van der Waals surface area contributed by atoms with E-state index in [4.69, 9.17) is 29.6 Å². The van der Waals surface area contributed by atoms with Gasteiger partial charge < -0.3 is 29.6 Å². The quantitative estimate of drug-likeness (QED) is 0.398. The number of carbonyl (C=O) groups excluding carboxylic acids is 2. The first-order chi connectivity index (χ1) is 8.26. The summed E-state index contributed by atoms with van der Waals surface area (Å²) in [6, 6.07) is 9.59. The molecule has 6 nitrogen and oxygen atoms in total. The summed E-state index contributed by atoms with van der Waals surface area (Å²) in [6.07, 6.45) is 0.689. The number of benzene rings is 1. The van der Waals surface area contributed by atoms with Gasteiger partial charge in [-0.25, -0.2) is 0 Å². The van der Waals surface area contributed by atoms with Crippen molar-refractivity contribution in [1.29, 1.82) is 0 Å².